The number of aliphatic hydroxyl groups is 1. The van der Waals surface area contributed by atoms with E-state index in [0.717, 1.165) is 38.8 Å². The fourth-order valence-electron chi connectivity index (χ4n) is 5.68. The summed E-state index contributed by atoms with van der Waals surface area (Å²) in [6.07, 6.45) is 8.12. The van der Waals surface area contributed by atoms with Crippen molar-refractivity contribution in [2.75, 3.05) is 38.0 Å². The Morgan fingerprint density at radius 3 is 2.53 bits per heavy atom. The summed E-state index contributed by atoms with van der Waals surface area (Å²) < 4.78 is 0. The van der Waals surface area contributed by atoms with Crippen LogP contribution < -0.4 is 5.32 Å². The highest BCUT2D eigenvalue weighted by molar-refractivity contribution is 6.42. The Hall–Kier alpha value is -2.05. The first-order valence-corrected chi connectivity index (χ1v) is 12.9. The lowest BCUT2D eigenvalue weighted by Crippen LogP contribution is -2.48. The van der Waals surface area contributed by atoms with Crippen LogP contribution in [-0.2, 0) is 5.41 Å². The minimum atomic E-state index is -0.360. The molecule has 2 N–H and O–H groups in total. The number of β-amino-alcohol motifs (C(OH)–C–C–N with tert-alkyl or cyclic N) is 1. The number of urea groups is 1. The van der Waals surface area contributed by atoms with Crippen LogP contribution in [0, 0.1) is 5.92 Å². The van der Waals surface area contributed by atoms with Crippen molar-refractivity contribution in [1.29, 1.82) is 0 Å². The quantitative estimate of drug-likeness (QED) is 0.570. The Balaban J connectivity index is 1.08. The fourth-order valence-corrected chi connectivity index (χ4v) is 5.98. The molecule has 34 heavy (non-hydrogen) atoms. The Kier molecular flexibility index (Phi) is 6.90. The molecule has 2 aromatic rings. The number of aliphatic hydroxyl groups excluding tert-OH is 1. The van der Waals surface area contributed by atoms with Gasteiger partial charge in [-0.2, -0.15) is 0 Å². The summed E-state index contributed by atoms with van der Waals surface area (Å²) in [5.74, 6) is 0.219. The molecule has 0 aromatic heterocycles. The number of likely N-dealkylation sites (tertiary alicyclic amines) is 2. The molecule has 0 radical (unpaired) electrons. The van der Waals surface area contributed by atoms with Gasteiger partial charge in [0.15, 0.2) is 0 Å². The van der Waals surface area contributed by atoms with E-state index in [1.165, 1.54) is 11.1 Å². The number of anilines is 1. The highest BCUT2D eigenvalue weighted by Crippen LogP contribution is 2.43. The summed E-state index contributed by atoms with van der Waals surface area (Å²) in [6.45, 7) is 3.99. The zero-order valence-corrected chi connectivity index (χ0v) is 20.7. The van der Waals surface area contributed by atoms with Gasteiger partial charge in [-0.15, -0.1) is 0 Å². The summed E-state index contributed by atoms with van der Waals surface area (Å²) in [5.41, 5.74) is 3.61. The molecule has 5 nitrogen and oxygen atoms in total. The molecule has 1 atom stereocenters. The monoisotopic (exact) mass is 499 g/mol. The van der Waals surface area contributed by atoms with Gasteiger partial charge in [0.2, 0.25) is 0 Å². The van der Waals surface area contributed by atoms with Gasteiger partial charge in [0.1, 0.15) is 0 Å². The van der Waals surface area contributed by atoms with Crippen molar-refractivity contribution in [3.8, 4) is 0 Å². The Morgan fingerprint density at radius 1 is 1.06 bits per heavy atom. The number of hydrogen-bond acceptors (Lipinski definition) is 3. The maximum Gasteiger partial charge on any atom is 0.321 e. The normalized spacial score (nSPS) is 21.0. The number of nitrogens with zero attached hydrogens (tertiary/aromatic N) is 2. The van der Waals surface area contributed by atoms with E-state index >= 15 is 0 Å². The van der Waals surface area contributed by atoms with Crippen LogP contribution in [0.3, 0.4) is 0 Å². The van der Waals surface area contributed by atoms with E-state index in [9.17, 15) is 9.90 Å². The standard InChI is InChI=1S/C27H31Cl2N3O2/c28-23-6-5-21(17-24(23)29)30-26(34)32-13-8-20(9-14-32)25(33)18-31-15-11-27(12-16-31)10-7-19-3-1-2-4-22(19)27/h1-7,10,17,20,25,33H,8-9,11-16,18H2,(H,30,34). The number of nitrogens with one attached hydrogen (secondary N) is 1. The SMILES string of the molecule is O=C(Nc1ccc(Cl)c(Cl)c1)N1CCC(C(O)CN2CCC3(C=Cc4ccccc43)CC2)CC1. The molecule has 1 unspecified atom stereocenters. The molecular formula is C27H31Cl2N3O2. The number of piperidine rings is 2. The van der Waals surface area contributed by atoms with Crippen molar-refractivity contribution in [1.82, 2.24) is 9.80 Å². The first-order chi connectivity index (χ1) is 16.4. The number of hydrogen-bond donors (Lipinski definition) is 2. The summed E-state index contributed by atoms with van der Waals surface area (Å²) in [4.78, 5) is 16.8. The summed E-state index contributed by atoms with van der Waals surface area (Å²) >= 11 is 12.0. The molecule has 2 fully saturated rings. The Labute approximate surface area is 211 Å². The molecule has 0 saturated carbocycles. The Bertz CT molecular complexity index is 1070. The fraction of sp³-hybridized carbons (Fsp3) is 0.444. The van der Waals surface area contributed by atoms with Crippen LogP contribution in [0.25, 0.3) is 6.08 Å². The second kappa shape index (κ2) is 9.90. The average Bonchev–Trinajstić information content (AvgIpc) is 3.21. The molecule has 2 amide bonds. The first-order valence-electron chi connectivity index (χ1n) is 12.1. The topological polar surface area (TPSA) is 55.8 Å². The number of benzene rings is 2. The molecule has 1 aliphatic carbocycles. The molecule has 5 rings (SSSR count). The third-order valence-corrected chi connectivity index (χ3v) is 8.55. The average molecular weight is 500 g/mol. The second-order valence-corrected chi connectivity index (χ2v) is 10.6. The van der Waals surface area contributed by atoms with Crippen LogP contribution in [0.15, 0.2) is 48.5 Å². The maximum absolute atomic E-state index is 12.6. The number of allylic oxidation sites excluding steroid dienone is 1. The number of carbonyl (C=O) groups excluding carboxylic acids is 1. The predicted molar refractivity (Wildman–Crippen MR) is 139 cm³/mol. The first kappa shape index (κ1) is 23.7. The zero-order valence-electron chi connectivity index (χ0n) is 19.2. The number of fused-ring (bicyclic) bond motifs is 2. The minimum absolute atomic E-state index is 0.141. The van der Waals surface area contributed by atoms with Crippen molar-refractivity contribution in [2.24, 2.45) is 5.92 Å². The summed E-state index contributed by atoms with van der Waals surface area (Å²) in [7, 11) is 0. The lowest BCUT2D eigenvalue weighted by molar-refractivity contribution is 0.0284. The van der Waals surface area contributed by atoms with Crippen molar-refractivity contribution in [3.05, 3.63) is 69.7 Å². The van der Waals surface area contributed by atoms with Gasteiger partial charge in [-0.3, -0.25) is 0 Å². The lowest BCUT2D eigenvalue weighted by atomic mass is 9.74. The predicted octanol–water partition coefficient (Wildman–Crippen LogP) is 5.66. The summed E-state index contributed by atoms with van der Waals surface area (Å²) in [6, 6.07) is 13.6. The number of halogens is 2. The number of carbonyl (C=O) groups is 1. The van der Waals surface area contributed by atoms with Crippen molar-refractivity contribution in [2.45, 2.75) is 37.2 Å². The van der Waals surface area contributed by atoms with E-state index in [1.807, 2.05) is 0 Å². The van der Waals surface area contributed by atoms with Crippen molar-refractivity contribution in [3.63, 3.8) is 0 Å². The molecule has 2 aliphatic heterocycles. The molecule has 2 saturated heterocycles. The molecule has 2 aromatic carbocycles. The van der Waals surface area contributed by atoms with E-state index in [-0.39, 0.29) is 23.5 Å². The lowest BCUT2D eigenvalue weighted by Gasteiger charge is -2.41. The van der Waals surface area contributed by atoms with Gasteiger partial charge >= 0.3 is 6.03 Å². The van der Waals surface area contributed by atoms with Crippen molar-refractivity contribution < 1.29 is 9.90 Å². The van der Waals surface area contributed by atoms with Gasteiger partial charge in [0.25, 0.3) is 0 Å². The number of amides is 2. The molecule has 0 bridgehead atoms. The van der Waals surface area contributed by atoms with Gasteiger partial charge in [-0.05, 0) is 74.0 Å². The van der Waals surface area contributed by atoms with Crippen LogP contribution in [0.1, 0.15) is 36.8 Å². The van der Waals surface area contributed by atoms with E-state index in [1.54, 1.807) is 23.1 Å². The van der Waals surface area contributed by atoms with E-state index in [2.05, 4.69) is 46.6 Å². The van der Waals surface area contributed by atoms with Crippen molar-refractivity contribution >= 4 is 41.0 Å². The minimum Gasteiger partial charge on any atom is -0.392 e. The second-order valence-electron chi connectivity index (χ2n) is 9.83. The van der Waals surface area contributed by atoms with Gasteiger partial charge in [-0.25, -0.2) is 4.79 Å². The van der Waals surface area contributed by atoms with Crippen LogP contribution in [0.5, 0.6) is 0 Å². The smallest absolute Gasteiger partial charge is 0.321 e. The summed E-state index contributed by atoms with van der Waals surface area (Å²) in [5, 5.41) is 14.7. The molecular weight excluding hydrogens is 469 g/mol. The van der Waals surface area contributed by atoms with Gasteiger partial charge in [-0.1, -0.05) is 59.6 Å². The van der Waals surface area contributed by atoms with Gasteiger partial charge < -0.3 is 20.2 Å². The van der Waals surface area contributed by atoms with E-state index in [4.69, 9.17) is 23.2 Å². The molecule has 7 heteroatoms. The highest BCUT2D eigenvalue weighted by Gasteiger charge is 2.38. The molecule has 1 spiro atoms. The van der Waals surface area contributed by atoms with Gasteiger partial charge in [0.05, 0.1) is 16.1 Å². The Morgan fingerprint density at radius 2 is 1.79 bits per heavy atom. The van der Waals surface area contributed by atoms with Crippen LogP contribution in [-0.4, -0.2) is 59.8 Å². The van der Waals surface area contributed by atoms with Crippen LogP contribution in [0.2, 0.25) is 10.0 Å². The van der Waals surface area contributed by atoms with E-state index in [0.29, 0.717) is 35.4 Å². The highest BCUT2D eigenvalue weighted by atomic mass is 35.5. The van der Waals surface area contributed by atoms with Gasteiger partial charge in [0, 0.05) is 30.7 Å². The van der Waals surface area contributed by atoms with Crippen LogP contribution in [0.4, 0.5) is 10.5 Å². The molecule has 2 heterocycles. The van der Waals surface area contributed by atoms with Crippen LogP contribution >= 0.6 is 23.2 Å². The third-order valence-electron chi connectivity index (χ3n) is 7.81. The molecule has 3 aliphatic rings. The zero-order chi connectivity index (χ0) is 23.7. The third kappa shape index (κ3) is 4.85. The number of rotatable bonds is 4. The van der Waals surface area contributed by atoms with E-state index < -0.39 is 0 Å². The maximum atomic E-state index is 12.6. The largest absolute Gasteiger partial charge is 0.392 e. The molecule has 180 valence electrons.